The quantitative estimate of drug-likeness (QED) is 0.613. The van der Waals surface area contributed by atoms with Gasteiger partial charge in [0.25, 0.3) is 0 Å². The van der Waals surface area contributed by atoms with E-state index in [2.05, 4.69) is 9.97 Å². The van der Waals surface area contributed by atoms with Gasteiger partial charge in [0.15, 0.2) is 0 Å². The highest BCUT2D eigenvalue weighted by molar-refractivity contribution is 5.85. The average molecular weight is 183 g/mol. The third-order valence-electron chi connectivity index (χ3n) is 0.672. The summed E-state index contributed by atoms with van der Waals surface area (Å²) in [4.78, 5) is 7.34. The zero-order valence-corrected chi connectivity index (χ0v) is 6.65. The summed E-state index contributed by atoms with van der Waals surface area (Å²) in [7, 11) is 0. The molecule has 0 bridgehead atoms. The Labute approximate surface area is 70.9 Å². The molecule has 0 unspecified atom stereocenters. The van der Waals surface area contributed by atoms with Crippen molar-refractivity contribution in [2.24, 2.45) is 0 Å². The summed E-state index contributed by atoms with van der Waals surface area (Å²) in [6.07, 6.45) is 2.88. The first-order valence-corrected chi connectivity index (χ1v) is 2.12. The summed E-state index contributed by atoms with van der Waals surface area (Å²) in [5.41, 5.74) is 10.4. The van der Waals surface area contributed by atoms with Crippen molar-refractivity contribution < 1.29 is 0 Å². The molecule has 1 rings (SSSR count). The van der Waals surface area contributed by atoms with Crippen molar-refractivity contribution in [3.8, 4) is 0 Å². The summed E-state index contributed by atoms with van der Waals surface area (Å²) in [5.74, 6) is 0.704. The monoisotopic (exact) mass is 182 g/mol. The first-order valence-electron chi connectivity index (χ1n) is 2.12. The zero-order chi connectivity index (χ0) is 5.98. The number of hydrogen-bond donors (Lipinski definition) is 2. The number of nitrogen functional groups attached to an aromatic ring is 2. The van der Waals surface area contributed by atoms with Crippen molar-refractivity contribution in [3.05, 3.63) is 12.4 Å². The second-order valence-electron chi connectivity index (χ2n) is 1.37. The molecule has 4 nitrogen and oxygen atoms in total. The summed E-state index contributed by atoms with van der Waals surface area (Å²) in [6, 6.07) is 0. The van der Waals surface area contributed by atoms with Crippen LogP contribution in [0.5, 0.6) is 0 Å². The molecular weight excluding hydrogens is 175 g/mol. The highest BCUT2D eigenvalue weighted by Crippen LogP contribution is 1.95. The van der Waals surface area contributed by atoms with Gasteiger partial charge in [-0.1, -0.05) is 0 Å². The van der Waals surface area contributed by atoms with Gasteiger partial charge < -0.3 is 11.5 Å². The topological polar surface area (TPSA) is 77.8 Å². The zero-order valence-electron chi connectivity index (χ0n) is 5.02. The number of nitrogens with zero attached hydrogens (tertiary/aromatic N) is 2. The molecule has 0 atom stereocenters. The van der Waals surface area contributed by atoms with Gasteiger partial charge in [-0.25, -0.2) is 4.98 Å². The molecule has 0 saturated heterocycles. The number of nitrogens with two attached hydrogens (primary N) is 2. The van der Waals surface area contributed by atoms with E-state index in [0.29, 0.717) is 11.6 Å². The van der Waals surface area contributed by atoms with Crippen LogP contribution in [0.1, 0.15) is 0 Å². The molecule has 0 fully saturated rings. The molecule has 6 heteroatoms. The van der Waals surface area contributed by atoms with Crippen LogP contribution in [0.15, 0.2) is 12.4 Å². The maximum Gasteiger partial charge on any atom is 0.144 e. The van der Waals surface area contributed by atoms with Gasteiger partial charge in [-0.3, -0.25) is 4.98 Å². The van der Waals surface area contributed by atoms with Crippen LogP contribution in [0.3, 0.4) is 0 Å². The van der Waals surface area contributed by atoms with Crippen LogP contribution in [0.2, 0.25) is 0 Å². The van der Waals surface area contributed by atoms with E-state index >= 15 is 0 Å². The first-order chi connectivity index (χ1) is 3.79. The third kappa shape index (κ3) is 3.32. The van der Waals surface area contributed by atoms with Gasteiger partial charge in [-0.2, -0.15) is 0 Å². The highest BCUT2D eigenvalue weighted by Gasteiger charge is 1.84. The third-order valence-corrected chi connectivity index (χ3v) is 0.672. The summed E-state index contributed by atoms with van der Waals surface area (Å²) >= 11 is 0. The molecule has 0 spiro atoms. The Morgan fingerprint density at radius 2 is 1.40 bits per heavy atom. The standard InChI is InChI=1S/C4H6N4.2ClH/c5-3-1-7-2-4(6)8-3;;/h1-2H,(H4,5,6,8);2*1H. The molecule has 1 aromatic heterocycles. The molecule has 0 aliphatic heterocycles. The predicted octanol–water partition coefficient (Wildman–Crippen LogP) is 0.485. The molecule has 0 aliphatic rings. The van der Waals surface area contributed by atoms with E-state index in [1.807, 2.05) is 0 Å². The van der Waals surface area contributed by atoms with Gasteiger partial charge in [0.2, 0.25) is 0 Å². The molecule has 10 heavy (non-hydrogen) atoms. The highest BCUT2D eigenvalue weighted by atomic mass is 35.5. The van der Waals surface area contributed by atoms with Crippen LogP contribution in [0, 0.1) is 0 Å². The van der Waals surface area contributed by atoms with E-state index in [1.165, 1.54) is 12.4 Å². The molecule has 0 aromatic carbocycles. The maximum atomic E-state index is 5.20. The predicted molar refractivity (Wildman–Crippen MR) is 45.4 cm³/mol. The Balaban J connectivity index is 0. The van der Waals surface area contributed by atoms with Gasteiger partial charge in [-0.15, -0.1) is 24.8 Å². The maximum absolute atomic E-state index is 5.20. The van der Waals surface area contributed by atoms with Gasteiger partial charge in [0, 0.05) is 0 Å². The summed E-state index contributed by atoms with van der Waals surface area (Å²) in [6.45, 7) is 0. The minimum absolute atomic E-state index is 0. The van der Waals surface area contributed by atoms with E-state index in [1.54, 1.807) is 0 Å². The average Bonchev–Trinajstić information content (AvgIpc) is 1.64. The first kappa shape index (κ1) is 12.0. The Morgan fingerprint density at radius 1 is 1.00 bits per heavy atom. The fourth-order valence-electron chi connectivity index (χ4n) is 0.397. The van der Waals surface area contributed by atoms with Gasteiger partial charge >= 0.3 is 0 Å². The second-order valence-corrected chi connectivity index (χ2v) is 1.37. The van der Waals surface area contributed by atoms with E-state index in [-0.39, 0.29) is 24.8 Å². The molecule has 0 radical (unpaired) electrons. The van der Waals surface area contributed by atoms with E-state index in [9.17, 15) is 0 Å². The molecule has 58 valence electrons. The van der Waals surface area contributed by atoms with Crippen LogP contribution in [0.4, 0.5) is 11.6 Å². The van der Waals surface area contributed by atoms with Crippen LogP contribution in [0.25, 0.3) is 0 Å². The molecule has 1 aromatic rings. The lowest BCUT2D eigenvalue weighted by molar-refractivity contribution is 1.22. The van der Waals surface area contributed by atoms with Crippen molar-refractivity contribution in [3.63, 3.8) is 0 Å². The number of halogens is 2. The van der Waals surface area contributed by atoms with E-state index < -0.39 is 0 Å². The van der Waals surface area contributed by atoms with Crippen LogP contribution in [-0.2, 0) is 0 Å². The Kier molecular flexibility index (Phi) is 6.09. The largest absolute Gasteiger partial charge is 0.382 e. The van der Waals surface area contributed by atoms with Crippen molar-refractivity contribution in [2.75, 3.05) is 11.5 Å². The molecule has 1 heterocycles. The van der Waals surface area contributed by atoms with Gasteiger partial charge in [0.1, 0.15) is 11.6 Å². The Morgan fingerprint density at radius 3 is 1.60 bits per heavy atom. The summed E-state index contributed by atoms with van der Waals surface area (Å²) < 4.78 is 0. The minimum atomic E-state index is 0. The van der Waals surface area contributed by atoms with Crippen molar-refractivity contribution in [2.45, 2.75) is 0 Å². The minimum Gasteiger partial charge on any atom is -0.382 e. The molecule has 0 aliphatic carbocycles. The number of rotatable bonds is 0. The lowest BCUT2D eigenvalue weighted by atomic mass is 10.6. The van der Waals surface area contributed by atoms with Crippen LogP contribution in [-0.4, -0.2) is 9.97 Å². The molecule has 4 N–H and O–H groups in total. The fraction of sp³-hybridized carbons (Fsp3) is 0. The summed E-state index contributed by atoms with van der Waals surface area (Å²) in [5, 5.41) is 0. The fourth-order valence-corrected chi connectivity index (χ4v) is 0.397. The van der Waals surface area contributed by atoms with Gasteiger partial charge in [0.05, 0.1) is 12.4 Å². The number of anilines is 2. The normalized spacial score (nSPS) is 7.20. The van der Waals surface area contributed by atoms with Crippen molar-refractivity contribution in [1.29, 1.82) is 0 Å². The lowest BCUT2D eigenvalue weighted by Crippen LogP contribution is -1.95. The second kappa shape index (κ2) is 5.08. The van der Waals surface area contributed by atoms with Crippen LogP contribution >= 0.6 is 24.8 Å². The Bertz CT molecular complexity index is 175. The number of aromatic nitrogens is 2. The SMILES string of the molecule is Cl.Cl.Nc1cncc(N)n1. The molecule has 0 amide bonds. The molecule has 0 saturated carbocycles. The van der Waals surface area contributed by atoms with E-state index in [4.69, 9.17) is 11.5 Å². The van der Waals surface area contributed by atoms with Crippen LogP contribution < -0.4 is 11.5 Å². The number of hydrogen-bond acceptors (Lipinski definition) is 4. The van der Waals surface area contributed by atoms with E-state index in [0.717, 1.165) is 0 Å². The lowest BCUT2D eigenvalue weighted by Gasteiger charge is -1.89. The Hall–Kier alpha value is -0.740. The molecular formula is C4H8Cl2N4. The van der Waals surface area contributed by atoms with Gasteiger partial charge in [-0.05, 0) is 0 Å². The smallest absolute Gasteiger partial charge is 0.144 e. The van der Waals surface area contributed by atoms with Crippen molar-refractivity contribution >= 4 is 36.4 Å². The van der Waals surface area contributed by atoms with Crippen molar-refractivity contribution in [1.82, 2.24) is 9.97 Å².